The Labute approximate surface area is 294 Å². The molecule has 3 amide bonds. The SMILES string of the molecule is Cc1ccc(-c2cc(C(F)(F)F)nn2-c2ccc(S(=O)(=O)NC(=O)OCC3CCN(/[N+]([O-])=N\OCN4C(=O)c5ccccc5C4=O)CC3)cc2)cc1. The van der Waals surface area contributed by atoms with Crippen molar-refractivity contribution in [3.63, 3.8) is 0 Å². The molecule has 1 N–H and O–H groups in total. The second-order valence-electron chi connectivity index (χ2n) is 12.0. The lowest BCUT2D eigenvalue weighted by Gasteiger charge is -2.27. The molecular formula is C33H30F3N7O8S. The Hall–Kier alpha value is -5.98. The van der Waals surface area contributed by atoms with E-state index in [1.54, 1.807) is 36.4 Å². The zero-order valence-corrected chi connectivity index (χ0v) is 28.1. The molecule has 6 rings (SSSR count). The number of ether oxygens (including phenoxy) is 1. The monoisotopic (exact) mass is 741 g/mol. The number of hydrogen-bond donors (Lipinski definition) is 1. The Morgan fingerprint density at radius 1 is 1.00 bits per heavy atom. The quantitative estimate of drug-likeness (QED) is 0.100. The summed E-state index contributed by atoms with van der Waals surface area (Å²) in [6.45, 7) is 1.51. The van der Waals surface area contributed by atoms with Gasteiger partial charge in [-0.25, -0.2) is 27.5 Å². The first-order chi connectivity index (χ1) is 24.7. The van der Waals surface area contributed by atoms with Gasteiger partial charge in [0.1, 0.15) is 0 Å². The van der Waals surface area contributed by atoms with Crippen molar-refractivity contribution in [1.82, 2.24) is 24.4 Å². The number of halogens is 3. The van der Waals surface area contributed by atoms with E-state index in [0.717, 1.165) is 33.3 Å². The van der Waals surface area contributed by atoms with Crippen LogP contribution in [0.5, 0.6) is 0 Å². The molecule has 0 radical (unpaired) electrons. The van der Waals surface area contributed by atoms with Crippen molar-refractivity contribution in [2.24, 2.45) is 11.2 Å². The molecule has 1 saturated heterocycles. The maximum Gasteiger partial charge on any atom is 0.435 e. The molecule has 0 bridgehead atoms. The van der Waals surface area contributed by atoms with Crippen LogP contribution in [0.1, 0.15) is 44.8 Å². The Morgan fingerprint density at radius 2 is 1.62 bits per heavy atom. The lowest BCUT2D eigenvalue weighted by Crippen LogP contribution is -2.40. The first-order valence-corrected chi connectivity index (χ1v) is 17.2. The summed E-state index contributed by atoms with van der Waals surface area (Å²) < 4.78 is 74.4. The molecule has 2 aliphatic heterocycles. The number of carbonyl (C=O) groups is 3. The zero-order chi connectivity index (χ0) is 37.2. The lowest BCUT2D eigenvalue weighted by atomic mass is 9.99. The number of benzene rings is 3. The molecule has 1 fully saturated rings. The van der Waals surface area contributed by atoms with E-state index in [1.807, 2.05) is 11.6 Å². The number of nitrogens with one attached hydrogen (secondary N) is 1. The molecule has 15 nitrogen and oxygen atoms in total. The van der Waals surface area contributed by atoms with Crippen LogP contribution in [0.4, 0.5) is 18.0 Å². The molecule has 2 aliphatic rings. The van der Waals surface area contributed by atoms with Crippen molar-refractivity contribution < 1.29 is 50.5 Å². The van der Waals surface area contributed by atoms with Gasteiger partial charge in [0.15, 0.2) is 5.69 Å². The molecule has 3 heterocycles. The predicted molar refractivity (Wildman–Crippen MR) is 174 cm³/mol. The molecule has 52 heavy (non-hydrogen) atoms. The summed E-state index contributed by atoms with van der Waals surface area (Å²) in [5.74, 6) is -1.34. The van der Waals surface area contributed by atoms with Gasteiger partial charge in [-0.3, -0.25) is 9.59 Å². The van der Waals surface area contributed by atoms with Gasteiger partial charge in [0, 0.05) is 5.56 Å². The number of carbonyl (C=O) groups excluding carboxylic acids is 3. The summed E-state index contributed by atoms with van der Waals surface area (Å²) in [5, 5.41) is 20.8. The first-order valence-electron chi connectivity index (χ1n) is 15.8. The van der Waals surface area contributed by atoms with Crippen LogP contribution in [0.2, 0.25) is 0 Å². The molecule has 0 aliphatic carbocycles. The summed E-state index contributed by atoms with van der Waals surface area (Å²) in [6, 6.07) is 18.7. The molecule has 4 aromatic rings. The lowest BCUT2D eigenvalue weighted by molar-refractivity contribution is -0.713. The third-order valence-corrected chi connectivity index (χ3v) is 9.76. The van der Waals surface area contributed by atoms with Crippen molar-refractivity contribution >= 4 is 27.9 Å². The molecule has 272 valence electrons. The molecule has 0 saturated carbocycles. The normalized spacial score (nSPS) is 15.5. The van der Waals surface area contributed by atoms with Crippen molar-refractivity contribution in [3.8, 4) is 16.9 Å². The van der Waals surface area contributed by atoms with Crippen molar-refractivity contribution in [1.29, 1.82) is 0 Å². The average Bonchev–Trinajstić information content (AvgIpc) is 3.68. The summed E-state index contributed by atoms with van der Waals surface area (Å²) in [6.07, 6.45) is -5.20. The Morgan fingerprint density at radius 3 is 2.21 bits per heavy atom. The van der Waals surface area contributed by atoms with Gasteiger partial charge in [-0.1, -0.05) is 42.0 Å². The number of fused-ring (bicyclic) bond motifs is 1. The highest BCUT2D eigenvalue weighted by molar-refractivity contribution is 7.90. The van der Waals surface area contributed by atoms with E-state index in [4.69, 9.17) is 9.57 Å². The number of hydrazine groups is 1. The number of alkyl halides is 3. The summed E-state index contributed by atoms with van der Waals surface area (Å²) in [7, 11) is -4.42. The van der Waals surface area contributed by atoms with E-state index in [9.17, 15) is 41.2 Å². The van der Waals surface area contributed by atoms with E-state index < -0.39 is 46.5 Å². The highest BCUT2D eigenvalue weighted by Gasteiger charge is 2.37. The number of nitrogens with zero attached hydrogens (tertiary/aromatic N) is 6. The topological polar surface area (TPSA) is 179 Å². The fourth-order valence-electron chi connectivity index (χ4n) is 5.60. The third-order valence-electron chi connectivity index (χ3n) is 8.43. The average molecular weight is 742 g/mol. The van der Waals surface area contributed by atoms with Gasteiger partial charge in [0.25, 0.3) is 21.8 Å². The smallest absolute Gasteiger partial charge is 0.435 e. The Balaban J connectivity index is 0.987. The van der Waals surface area contributed by atoms with Crippen LogP contribution < -0.4 is 4.72 Å². The second-order valence-corrected chi connectivity index (χ2v) is 13.6. The minimum atomic E-state index is -4.72. The molecule has 0 unspecified atom stereocenters. The Kier molecular flexibility index (Phi) is 9.88. The van der Waals surface area contributed by atoms with Crippen LogP contribution in [0.15, 0.2) is 89.0 Å². The fourth-order valence-corrected chi connectivity index (χ4v) is 6.49. The van der Waals surface area contributed by atoms with Crippen LogP contribution in [0.3, 0.4) is 0 Å². The van der Waals surface area contributed by atoms with Gasteiger partial charge in [-0.2, -0.15) is 18.3 Å². The maximum atomic E-state index is 13.5. The fraction of sp³-hybridized carbons (Fsp3) is 0.273. The number of hydrogen-bond acceptors (Lipinski definition) is 10. The number of imide groups is 1. The molecule has 0 spiro atoms. The number of rotatable bonds is 10. The van der Waals surface area contributed by atoms with Gasteiger partial charge in [-0.05, 0) is 68.1 Å². The zero-order valence-electron chi connectivity index (χ0n) is 27.3. The standard InChI is InChI=1S/C33H30F3N7O8S/c1-21-6-8-23(9-7-21)28-18-29(33(34,35)36)37-42(28)24-10-12-25(13-11-24)52(48,49)38-32(46)50-19-22-14-16-40(17-15-22)43(47)39-51-20-41-30(44)26-4-2-3-5-27(26)31(41)45/h2-13,18,22H,14-17,19-20H2,1H3,(H,38,46)/b43-39+. The van der Waals surface area contributed by atoms with Gasteiger partial charge in [-0.15, -0.1) is 5.01 Å². The van der Waals surface area contributed by atoms with Crippen LogP contribution in [-0.4, -0.2) is 77.4 Å². The highest BCUT2D eigenvalue weighted by Crippen LogP contribution is 2.33. The van der Waals surface area contributed by atoms with Crippen LogP contribution in [0, 0.1) is 18.0 Å². The molecule has 1 aromatic heterocycles. The number of aryl methyl sites for hydroxylation is 1. The third kappa shape index (κ3) is 7.68. The number of sulfonamides is 1. The maximum absolute atomic E-state index is 13.5. The summed E-state index contributed by atoms with van der Waals surface area (Å²) in [5.41, 5.74) is 0.995. The van der Waals surface area contributed by atoms with Gasteiger partial charge >= 0.3 is 12.3 Å². The summed E-state index contributed by atoms with van der Waals surface area (Å²) >= 11 is 0. The minimum Gasteiger partial charge on any atom is -0.569 e. The van der Waals surface area contributed by atoms with Crippen LogP contribution >= 0.6 is 0 Å². The number of aromatic nitrogens is 2. The first kappa shape index (κ1) is 35.8. The van der Waals surface area contributed by atoms with E-state index in [0.29, 0.717) is 18.4 Å². The van der Waals surface area contributed by atoms with Crippen molar-refractivity contribution in [2.75, 3.05) is 26.4 Å². The second kappa shape index (κ2) is 14.3. The predicted octanol–water partition coefficient (Wildman–Crippen LogP) is 5.06. The van der Waals surface area contributed by atoms with Crippen LogP contribution in [-0.2, 0) is 25.8 Å². The largest absolute Gasteiger partial charge is 0.569 e. The highest BCUT2D eigenvalue weighted by atomic mass is 32.2. The van der Waals surface area contributed by atoms with Gasteiger partial charge in [0.2, 0.25) is 12.0 Å². The van der Waals surface area contributed by atoms with Gasteiger partial charge in [0.05, 0.1) is 52.1 Å². The van der Waals surface area contributed by atoms with Gasteiger partial charge < -0.3 is 14.8 Å². The van der Waals surface area contributed by atoms with E-state index >= 15 is 0 Å². The van der Waals surface area contributed by atoms with Crippen LogP contribution in [0.25, 0.3) is 16.9 Å². The van der Waals surface area contributed by atoms with Crippen molar-refractivity contribution in [2.45, 2.75) is 30.8 Å². The summed E-state index contributed by atoms with van der Waals surface area (Å²) in [4.78, 5) is 42.9. The van der Waals surface area contributed by atoms with Crippen molar-refractivity contribution in [3.05, 3.63) is 106 Å². The number of amides is 3. The molecule has 19 heteroatoms. The molecule has 0 atom stereocenters. The minimum absolute atomic E-state index is 0.140. The molecular weight excluding hydrogens is 711 g/mol. The van der Waals surface area contributed by atoms with E-state index in [2.05, 4.69) is 10.4 Å². The Bertz CT molecular complexity index is 2100. The number of piperidine rings is 1. The van der Waals surface area contributed by atoms with E-state index in [-0.39, 0.29) is 58.0 Å². The molecule has 3 aromatic carbocycles. The van der Waals surface area contributed by atoms with E-state index in [1.165, 1.54) is 29.3 Å².